The maximum atomic E-state index is 13.6. The molecule has 0 radical (unpaired) electrons. The van der Waals surface area contributed by atoms with Gasteiger partial charge < -0.3 is 19.6 Å². The van der Waals surface area contributed by atoms with Crippen LogP contribution in [0.3, 0.4) is 0 Å². The molecule has 1 saturated carbocycles. The number of carbonyl (C=O) groups excluding carboxylic acids is 1. The van der Waals surface area contributed by atoms with Gasteiger partial charge in [-0.15, -0.1) is 0 Å². The highest BCUT2D eigenvalue weighted by Crippen LogP contribution is 2.41. The average Bonchev–Trinajstić information content (AvgIpc) is 3.62. The molecule has 2 aromatic rings. The van der Waals surface area contributed by atoms with Gasteiger partial charge in [-0.2, -0.15) is 26.3 Å². The maximum Gasteiger partial charge on any atom is 0.416 e. The normalized spacial score (nSPS) is 24.0. The number of carboxylic acid groups (broad SMARTS) is 1. The quantitative estimate of drug-likeness (QED) is 0.291. The first-order valence-electron chi connectivity index (χ1n) is 15.4. The molecule has 2 saturated heterocycles. The molecule has 3 heterocycles. The van der Waals surface area contributed by atoms with Crippen molar-refractivity contribution in [2.24, 2.45) is 11.8 Å². The smallest absolute Gasteiger partial charge is 0.416 e. The highest BCUT2D eigenvalue weighted by Gasteiger charge is 2.44. The van der Waals surface area contributed by atoms with Gasteiger partial charge in [0.05, 0.1) is 29.9 Å². The van der Waals surface area contributed by atoms with Gasteiger partial charge in [0.15, 0.2) is 5.82 Å². The summed E-state index contributed by atoms with van der Waals surface area (Å²) in [6, 6.07) is 0.302. The summed E-state index contributed by atoms with van der Waals surface area (Å²) >= 11 is 0. The van der Waals surface area contributed by atoms with Crippen LogP contribution in [0.5, 0.6) is 0 Å². The van der Waals surface area contributed by atoms with E-state index in [1.54, 1.807) is 6.20 Å². The molecule has 252 valence electrons. The van der Waals surface area contributed by atoms with Crippen LogP contribution in [0, 0.1) is 11.8 Å². The van der Waals surface area contributed by atoms with Crippen molar-refractivity contribution >= 4 is 23.7 Å². The Balaban J connectivity index is 1.39. The van der Waals surface area contributed by atoms with Gasteiger partial charge in [-0.3, -0.25) is 9.69 Å². The van der Waals surface area contributed by atoms with Crippen LogP contribution >= 0.6 is 0 Å². The summed E-state index contributed by atoms with van der Waals surface area (Å²) in [6.45, 7) is 3.56. The lowest BCUT2D eigenvalue weighted by Crippen LogP contribution is -2.35. The largest absolute Gasteiger partial charge is 0.481 e. The molecule has 1 amide bonds. The van der Waals surface area contributed by atoms with Crippen LogP contribution in [0.15, 0.2) is 24.4 Å². The second-order valence-electron chi connectivity index (χ2n) is 12.6. The number of carboxylic acids is 1. The van der Waals surface area contributed by atoms with E-state index in [9.17, 15) is 35.9 Å². The minimum absolute atomic E-state index is 0.0445. The highest BCUT2D eigenvalue weighted by molar-refractivity contribution is 5.71. The van der Waals surface area contributed by atoms with Crippen molar-refractivity contribution in [3.05, 3.63) is 46.8 Å². The summed E-state index contributed by atoms with van der Waals surface area (Å²) in [5.41, 5.74) is -2.94. The molecule has 1 N–H and O–H groups in total. The summed E-state index contributed by atoms with van der Waals surface area (Å²) in [4.78, 5) is 39.1. The van der Waals surface area contributed by atoms with E-state index in [-0.39, 0.29) is 30.9 Å². The molecule has 0 spiro atoms. The van der Waals surface area contributed by atoms with Gasteiger partial charge >= 0.3 is 24.4 Å². The molecular weight excluding hydrogens is 620 g/mol. The summed E-state index contributed by atoms with van der Waals surface area (Å²) in [6.07, 6.45) is -5.24. The second kappa shape index (κ2) is 13.1. The number of aliphatic carboxylic acids is 1. The first-order valence-corrected chi connectivity index (χ1v) is 15.4. The van der Waals surface area contributed by atoms with Crippen molar-refractivity contribution in [2.45, 2.75) is 82.9 Å². The first kappa shape index (κ1) is 33.6. The summed E-state index contributed by atoms with van der Waals surface area (Å²) in [5, 5.41) is 9.13. The van der Waals surface area contributed by atoms with Crippen LogP contribution in [0.4, 0.5) is 42.8 Å². The van der Waals surface area contributed by atoms with E-state index in [1.165, 1.54) is 11.8 Å². The lowest BCUT2D eigenvalue weighted by atomic mass is 9.80. The number of benzene rings is 1. The zero-order chi connectivity index (χ0) is 33.4. The van der Waals surface area contributed by atoms with Crippen LogP contribution in [0.25, 0.3) is 0 Å². The highest BCUT2D eigenvalue weighted by atomic mass is 19.4. The number of ether oxygens (including phenoxy) is 1. The summed E-state index contributed by atoms with van der Waals surface area (Å²) in [7, 11) is 1.85. The molecule has 46 heavy (non-hydrogen) atoms. The fourth-order valence-corrected chi connectivity index (χ4v) is 6.74. The Kier molecular flexibility index (Phi) is 9.60. The molecule has 9 nitrogen and oxygen atoms in total. The molecule has 2 atom stereocenters. The Bertz CT molecular complexity index is 1390. The Morgan fingerprint density at radius 3 is 2.15 bits per heavy atom. The lowest BCUT2D eigenvalue weighted by molar-refractivity contribution is -0.143. The molecule has 15 heteroatoms. The van der Waals surface area contributed by atoms with Gasteiger partial charge in [0.25, 0.3) is 0 Å². The molecule has 3 aliphatic rings. The van der Waals surface area contributed by atoms with E-state index in [0.29, 0.717) is 36.0 Å². The van der Waals surface area contributed by atoms with E-state index < -0.39 is 53.3 Å². The summed E-state index contributed by atoms with van der Waals surface area (Å²) in [5.74, 6) is 0.741. The average molecular weight is 658 g/mol. The van der Waals surface area contributed by atoms with Crippen molar-refractivity contribution in [1.29, 1.82) is 0 Å². The van der Waals surface area contributed by atoms with Crippen molar-refractivity contribution in [1.82, 2.24) is 14.9 Å². The summed E-state index contributed by atoms with van der Waals surface area (Å²) < 4.78 is 86.7. The van der Waals surface area contributed by atoms with E-state index in [0.717, 1.165) is 51.6 Å². The molecule has 1 aliphatic carbocycles. The molecule has 0 unspecified atom stereocenters. The van der Waals surface area contributed by atoms with Gasteiger partial charge in [-0.1, -0.05) is 0 Å². The van der Waals surface area contributed by atoms with E-state index in [4.69, 9.17) is 19.8 Å². The fourth-order valence-electron chi connectivity index (χ4n) is 6.74. The number of aromatic nitrogens is 2. The number of rotatable bonds is 9. The number of anilines is 2. The molecule has 1 aromatic heterocycles. The van der Waals surface area contributed by atoms with Crippen LogP contribution < -0.4 is 9.80 Å². The van der Waals surface area contributed by atoms with Crippen LogP contribution in [0.1, 0.15) is 80.4 Å². The van der Waals surface area contributed by atoms with Gasteiger partial charge in [0.1, 0.15) is 17.6 Å². The van der Waals surface area contributed by atoms with E-state index in [1.807, 2.05) is 11.9 Å². The van der Waals surface area contributed by atoms with Gasteiger partial charge in [-0.05, 0) is 81.0 Å². The van der Waals surface area contributed by atoms with Crippen molar-refractivity contribution in [3.63, 3.8) is 0 Å². The minimum atomic E-state index is -5.04. The van der Waals surface area contributed by atoms with Gasteiger partial charge in [0, 0.05) is 33.1 Å². The van der Waals surface area contributed by atoms with Crippen LogP contribution in [-0.2, 0) is 28.4 Å². The zero-order valence-electron chi connectivity index (χ0n) is 25.6. The van der Waals surface area contributed by atoms with Crippen LogP contribution in [0.2, 0.25) is 0 Å². The molecule has 2 aliphatic heterocycles. The Morgan fingerprint density at radius 2 is 1.59 bits per heavy atom. The van der Waals surface area contributed by atoms with Gasteiger partial charge in [0.2, 0.25) is 0 Å². The lowest BCUT2D eigenvalue weighted by Gasteiger charge is -2.32. The van der Waals surface area contributed by atoms with E-state index >= 15 is 0 Å². The molecule has 3 fully saturated rings. The fraction of sp³-hybridized carbons (Fsp3) is 0.613. The Labute approximate surface area is 262 Å². The maximum absolute atomic E-state index is 13.6. The second-order valence-corrected chi connectivity index (χ2v) is 12.6. The van der Waals surface area contributed by atoms with Gasteiger partial charge in [-0.25, -0.2) is 14.8 Å². The van der Waals surface area contributed by atoms with Crippen molar-refractivity contribution in [2.75, 3.05) is 36.5 Å². The monoisotopic (exact) mass is 657 g/mol. The third kappa shape index (κ3) is 7.60. The van der Waals surface area contributed by atoms with E-state index in [2.05, 4.69) is 4.90 Å². The molecule has 5 rings (SSSR count). The van der Waals surface area contributed by atoms with Crippen molar-refractivity contribution in [3.8, 4) is 0 Å². The number of alkyl halides is 6. The molecule has 1 aromatic carbocycles. The minimum Gasteiger partial charge on any atom is -0.481 e. The standard InChI is InChI=1S/C31H37F6N5O4/c1-18-27(21-12-22(30(32,33)34)14-23(13-21)31(35,36)37)46-29(45)42(18)17-24-28(38-15-25(39-24)41-9-3-4-10-41)40(2)16-20-7-5-19(6-8-20)11-26(43)44/h12-15,18-20,27H,3-11,16-17H2,1-2H3,(H,43,44)/t18-,19?,20?,27-/m0/s1. The Morgan fingerprint density at radius 1 is 1.00 bits per heavy atom. The third-order valence-electron chi connectivity index (χ3n) is 9.21. The molecular formula is C31H37F6N5O4. The predicted octanol–water partition coefficient (Wildman–Crippen LogP) is 6.91. The number of carbonyl (C=O) groups is 2. The number of hydrogen-bond acceptors (Lipinski definition) is 7. The molecule has 0 bridgehead atoms. The Hall–Kier alpha value is -3.78. The number of halogens is 6. The first-order chi connectivity index (χ1) is 21.6. The van der Waals surface area contributed by atoms with Crippen molar-refractivity contribution < 1.29 is 45.8 Å². The number of cyclic esters (lactones) is 1. The number of nitrogens with zero attached hydrogens (tertiary/aromatic N) is 5. The topological polar surface area (TPSA) is 99.1 Å². The predicted molar refractivity (Wildman–Crippen MR) is 155 cm³/mol. The number of hydrogen-bond donors (Lipinski definition) is 1. The zero-order valence-corrected chi connectivity index (χ0v) is 25.6. The SMILES string of the molecule is C[C@H]1[C@@H](c2cc(C(F)(F)F)cc(C(F)(F)F)c2)OC(=O)N1Cc1nc(N2CCCC2)cnc1N(C)CC1CCC(CC(=O)O)CC1. The third-order valence-corrected chi connectivity index (χ3v) is 9.21. The van der Waals surface area contributed by atoms with Crippen LogP contribution in [-0.4, -0.2) is 64.8 Å². The number of amides is 1.